The largest absolute Gasteiger partial charge is 0.496 e. The molecule has 1 aliphatic heterocycles. The van der Waals surface area contributed by atoms with Gasteiger partial charge in [0.05, 0.1) is 14.2 Å². The topological polar surface area (TPSA) is 63.3 Å². The van der Waals surface area contributed by atoms with Crippen molar-refractivity contribution in [3.8, 4) is 11.5 Å². The van der Waals surface area contributed by atoms with E-state index in [9.17, 15) is 4.79 Å². The Bertz CT molecular complexity index is 1130. The van der Waals surface area contributed by atoms with Crippen LogP contribution < -0.4 is 14.8 Å². The molecule has 1 aromatic heterocycles. The van der Waals surface area contributed by atoms with Crippen molar-refractivity contribution in [2.75, 3.05) is 19.5 Å². The minimum Gasteiger partial charge on any atom is -0.496 e. The maximum absolute atomic E-state index is 12.6. The molecule has 0 spiro atoms. The monoisotopic (exact) mass is 382 g/mol. The zero-order valence-electron chi connectivity index (χ0n) is 15.5. The molecule has 1 amide bonds. The minimum atomic E-state index is -0.165. The van der Waals surface area contributed by atoms with Gasteiger partial charge in [0.1, 0.15) is 16.7 Å². The highest BCUT2D eigenvalue weighted by molar-refractivity contribution is 6.38. The van der Waals surface area contributed by atoms with Gasteiger partial charge in [0, 0.05) is 33.3 Å². The van der Waals surface area contributed by atoms with E-state index in [-0.39, 0.29) is 5.91 Å². The number of benzene rings is 2. The predicted octanol–water partition coefficient (Wildman–Crippen LogP) is 4.95. The summed E-state index contributed by atoms with van der Waals surface area (Å²) in [6.07, 6.45) is 1.81. The lowest BCUT2D eigenvalue weighted by Crippen LogP contribution is -2.03. The molecule has 0 unspecified atom stereocenters. The van der Waals surface area contributed by atoms with Crippen LogP contribution in [0.15, 0.2) is 24.3 Å². The standard InChI is InChI=1S/C21H19ClN2O3/c1-10-5-16-12(8-18(10)26-3)14(20(22)23-16)7-15-13-9-19(27-4)11(2)6-17(13)24-21(15)25/h5-9,23H,1-4H3,(H,24,25)/b15-7+. The molecule has 2 heterocycles. The van der Waals surface area contributed by atoms with Gasteiger partial charge in [-0.1, -0.05) is 11.6 Å². The highest BCUT2D eigenvalue weighted by Crippen LogP contribution is 2.40. The maximum atomic E-state index is 12.6. The van der Waals surface area contributed by atoms with Gasteiger partial charge in [0.25, 0.3) is 5.91 Å². The number of carbonyl (C=O) groups is 1. The number of methoxy groups -OCH3 is 2. The van der Waals surface area contributed by atoms with Crippen LogP contribution in [0.2, 0.25) is 5.15 Å². The van der Waals surface area contributed by atoms with E-state index in [0.29, 0.717) is 10.7 Å². The Morgan fingerprint density at radius 1 is 1.00 bits per heavy atom. The number of anilines is 1. The summed E-state index contributed by atoms with van der Waals surface area (Å²) in [7, 11) is 3.25. The van der Waals surface area contributed by atoms with Crippen LogP contribution in [0.3, 0.4) is 0 Å². The molecule has 2 aromatic carbocycles. The van der Waals surface area contributed by atoms with Crippen molar-refractivity contribution in [3.63, 3.8) is 0 Å². The first-order chi connectivity index (χ1) is 12.9. The van der Waals surface area contributed by atoms with Crippen molar-refractivity contribution >= 4 is 45.7 Å². The molecule has 5 nitrogen and oxygen atoms in total. The lowest BCUT2D eigenvalue weighted by atomic mass is 10.0. The van der Waals surface area contributed by atoms with Crippen molar-refractivity contribution in [2.45, 2.75) is 13.8 Å². The van der Waals surface area contributed by atoms with Gasteiger partial charge in [-0.05, 0) is 55.3 Å². The van der Waals surface area contributed by atoms with Gasteiger partial charge in [0.2, 0.25) is 0 Å². The van der Waals surface area contributed by atoms with Crippen LogP contribution in [0.4, 0.5) is 5.69 Å². The molecule has 27 heavy (non-hydrogen) atoms. The second-order valence-electron chi connectivity index (χ2n) is 6.60. The summed E-state index contributed by atoms with van der Waals surface area (Å²) in [5.41, 5.74) is 5.73. The number of halogens is 1. The molecule has 0 saturated heterocycles. The van der Waals surface area contributed by atoms with E-state index in [2.05, 4.69) is 10.3 Å². The number of ether oxygens (including phenoxy) is 2. The molecule has 3 aromatic rings. The third-order valence-corrected chi connectivity index (χ3v) is 5.21. The van der Waals surface area contributed by atoms with E-state index < -0.39 is 0 Å². The van der Waals surface area contributed by atoms with Crippen LogP contribution in [-0.2, 0) is 4.79 Å². The number of aryl methyl sites for hydroxylation is 2. The van der Waals surface area contributed by atoms with Crippen molar-refractivity contribution in [1.29, 1.82) is 0 Å². The number of aromatic nitrogens is 1. The number of carbonyl (C=O) groups excluding carboxylic acids is 1. The minimum absolute atomic E-state index is 0.165. The summed E-state index contributed by atoms with van der Waals surface area (Å²) < 4.78 is 10.8. The molecule has 0 radical (unpaired) electrons. The Balaban J connectivity index is 1.93. The van der Waals surface area contributed by atoms with Crippen LogP contribution in [-0.4, -0.2) is 25.1 Å². The molecule has 4 rings (SSSR count). The second-order valence-corrected chi connectivity index (χ2v) is 6.98. The van der Waals surface area contributed by atoms with Gasteiger partial charge >= 0.3 is 0 Å². The van der Waals surface area contributed by atoms with Gasteiger partial charge < -0.3 is 19.8 Å². The second kappa shape index (κ2) is 6.35. The van der Waals surface area contributed by atoms with Crippen LogP contribution in [0, 0.1) is 13.8 Å². The number of hydrogen-bond acceptors (Lipinski definition) is 3. The summed E-state index contributed by atoms with van der Waals surface area (Å²) in [5, 5.41) is 4.29. The van der Waals surface area contributed by atoms with E-state index in [1.807, 2.05) is 44.2 Å². The molecular weight excluding hydrogens is 364 g/mol. The molecule has 0 atom stereocenters. The third kappa shape index (κ3) is 2.75. The number of aromatic amines is 1. The summed E-state index contributed by atoms with van der Waals surface area (Å²) >= 11 is 6.46. The summed E-state index contributed by atoms with van der Waals surface area (Å²) in [6.45, 7) is 3.92. The fourth-order valence-electron chi connectivity index (χ4n) is 3.51. The number of fused-ring (bicyclic) bond motifs is 2. The fourth-order valence-corrected chi connectivity index (χ4v) is 3.77. The average Bonchev–Trinajstić information content (AvgIpc) is 3.09. The third-order valence-electron chi connectivity index (χ3n) is 4.91. The van der Waals surface area contributed by atoms with Crippen molar-refractivity contribution in [3.05, 3.63) is 51.7 Å². The quantitative estimate of drug-likeness (QED) is 0.630. The smallest absolute Gasteiger partial charge is 0.256 e. The van der Waals surface area contributed by atoms with Gasteiger partial charge in [-0.3, -0.25) is 4.79 Å². The molecule has 6 heteroatoms. The normalized spacial score (nSPS) is 14.6. The highest BCUT2D eigenvalue weighted by atomic mass is 35.5. The molecular formula is C21H19ClN2O3. The van der Waals surface area contributed by atoms with Crippen molar-refractivity contribution in [2.24, 2.45) is 0 Å². The first-order valence-corrected chi connectivity index (χ1v) is 8.88. The van der Waals surface area contributed by atoms with E-state index in [1.54, 1.807) is 14.2 Å². The first kappa shape index (κ1) is 17.5. The van der Waals surface area contributed by atoms with Gasteiger partial charge in [-0.15, -0.1) is 0 Å². The average molecular weight is 383 g/mol. The molecule has 1 aliphatic rings. The highest BCUT2D eigenvalue weighted by Gasteiger charge is 2.26. The Kier molecular flexibility index (Phi) is 4.12. The van der Waals surface area contributed by atoms with Crippen LogP contribution in [0.25, 0.3) is 22.6 Å². The Labute approximate surface area is 161 Å². The van der Waals surface area contributed by atoms with Crippen molar-refractivity contribution in [1.82, 2.24) is 4.98 Å². The van der Waals surface area contributed by atoms with E-state index in [1.165, 1.54) is 0 Å². The number of hydrogen-bond donors (Lipinski definition) is 2. The van der Waals surface area contributed by atoms with Crippen LogP contribution >= 0.6 is 11.6 Å². The van der Waals surface area contributed by atoms with E-state index in [4.69, 9.17) is 21.1 Å². The molecule has 0 fully saturated rings. The zero-order valence-corrected chi connectivity index (χ0v) is 16.2. The lowest BCUT2D eigenvalue weighted by molar-refractivity contribution is -0.110. The zero-order chi connectivity index (χ0) is 19.3. The predicted molar refractivity (Wildman–Crippen MR) is 109 cm³/mol. The first-order valence-electron chi connectivity index (χ1n) is 8.50. The SMILES string of the molecule is COc1cc2c(cc1C)NC(=O)/C2=C/c1c(Cl)[nH]c2cc(C)c(OC)cc12. The molecule has 0 saturated carbocycles. The summed E-state index contributed by atoms with van der Waals surface area (Å²) in [6, 6.07) is 7.71. The Morgan fingerprint density at radius 2 is 1.67 bits per heavy atom. The number of nitrogens with one attached hydrogen (secondary N) is 2. The van der Waals surface area contributed by atoms with Gasteiger partial charge in [0.15, 0.2) is 0 Å². The molecule has 2 N–H and O–H groups in total. The van der Waals surface area contributed by atoms with Crippen LogP contribution in [0.5, 0.6) is 11.5 Å². The van der Waals surface area contributed by atoms with Gasteiger partial charge in [-0.25, -0.2) is 0 Å². The van der Waals surface area contributed by atoms with Crippen LogP contribution in [0.1, 0.15) is 22.3 Å². The number of amides is 1. The fraction of sp³-hybridized carbons (Fsp3) is 0.190. The van der Waals surface area contributed by atoms with Crippen molar-refractivity contribution < 1.29 is 14.3 Å². The molecule has 0 bridgehead atoms. The number of rotatable bonds is 3. The Morgan fingerprint density at radius 3 is 2.37 bits per heavy atom. The molecule has 138 valence electrons. The lowest BCUT2D eigenvalue weighted by Gasteiger charge is -2.07. The van der Waals surface area contributed by atoms with E-state index >= 15 is 0 Å². The van der Waals surface area contributed by atoms with Gasteiger partial charge in [-0.2, -0.15) is 0 Å². The molecule has 0 aliphatic carbocycles. The Hall–Kier alpha value is -2.92. The van der Waals surface area contributed by atoms with E-state index in [0.717, 1.165) is 50.3 Å². The summed E-state index contributed by atoms with van der Waals surface area (Å²) in [5.74, 6) is 1.34. The maximum Gasteiger partial charge on any atom is 0.256 e. The number of H-pyrrole nitrogens is 1. The summed E-state index contributed by atoms with van der Waals surface area (Å²) in [4.78, 5) is 15.8.